The molecule has 6 heterocycles. The van der Waals surface area contributed by atoms with Crippen LogP contribution < -0.4 is 16.4 Å². The molecule has 4 aliphatic rings. The number of rotatable bonds is 7. The minimum absolute atomic E-state index is 0.0405. The van der Waals surface area contributed by atoms with E-state index < -0.39 is 17.5 Å². The monoisotopic (exact) mass is 689 g/mol. The fourth-order valence-electron chi connectivity index (χ4n) is 8.00. The largest absolute Gasteiger partial charge is 0.434 e. The number of hydrogen-bond donors (Lipinski definition) is 3. The number of amides is 1. The summed E-state index contributed by atoms with van der Waals surface area (Å²) in [6.45, 7) is 0.659. The number of allylic oxidation sites excluding steroid dienone is 2. The average Bonchev–Trinajstić information content (AvgIpc) is 3.96. The van der Waals surface area contributed by atoms with Gasteiger partial charge in [-0.3, -0.25) is 4.79 Å². The first-order chi connectivity index (χ1) is 24.4. The summed E-state index contributed by atoms with van der Waals surface area (Å²) in [5.74, 6) is -1.46. The third-order valence-electron chi connectivity index (χ3n) is 10.3. The Labute approximate surface area is 288 Å². The molecule has 3 aromatic heterocycles. The normalized spacial score (nSPS) is 21.0. The number of halogens is 2. The van der Waals surface area contributed by atoms with E-state index in [9.17, 15) is 23.6 Å². The van der Waals surface area contributed by atoms with Gasteiger partial charge in [0, 0.05) is 34.6 Å². The molecule has 1 unspecified atom stereocenters. The smallest absolute Gasteiger partial charge is 0.388 e. The maximum Gasteiger partial charge on any atom is 0.434 e. The summed E-state index contributed by atoms with van der Waals surface area (Å²) >= 11 is 1.50. The van der Waals surface area contributed by atoms with Crippen LogP contribution in [0, 0.1) is 23.0 Å². The number of pyridine rings is 1. The maximum absolute atomic E-state index is 14.7. The van der Waals surface area contributed by atoms with Crippen molar-refractivity contribution in [1.29, 1.82) is 5.26 Å². The van der Waals surface area contributed by atoms with Gasteiger partial charge in [-0.15, -0.1) is 16.4 Å². The molecule has 13 heteroatoms. The van der Waals surface area contributed by atoms with Crippen LogP contribution >= 0.6 is 11.3 Å². The predicted molar refractivity (Wildman–Crippen MR) is 182 cm³/mol. The molecule has 5 aromatic rings. The first kappa shape index (κ1) is 30.4. The Morgan fingerprint density at radius 2 is 1.94 bits per heavy atom. The third kappa shape index (κ3) is 4.93. The number of nitrogens with one attached hydrogen (secondary N) is 3. The number of carbonyl (C=O) groups excluding carboxylic acids is 1. The van der Waals surface area contributed by atoms with Crippen LogP contribution in [0.5, 0.6) is 0 Å². The molecule has 1 fully saturated rings. The van der Waals surface area contributed by atoms with Crippen LogP contribution in [0.4, 0.5) is 14.6 Å². The zero-order chi connectivity index (χ0) is 34.1. The Bertz CT molecular complexity index is 2390. The van der Waals surface area contributed by atoms with Gasteiger partial charge in [-0.2, -0.15) is 5.26 Å². The molecule has 0 radical (unpaired) electrons. The van der Waals surface area contributed by atoms with Crippen LogP contribution in [-0.2, 0) is 17.6 Å². The number of aromatic nitrogens is 3. The highest BCUT2D eigenvalue weighted by Crippen LogP contribution is 2.52. The summed E-state index contributed by atoms with van der Waals surface area (Å²) in [7, 11) is 0. The quantitative estimate of drug-likeness (QED) is 0.183. The van der Waals surface area contributed by atoms with Crippen LogP contribution in [0.15, 0.2) is 80.9 Å². The molecule has 3 aliphatic heterocycles. The highest BCUT2D eigenvalue weighted by Gasteiger charge is 2.49. The number of carbonyl (C=O) groups is 1. The minimum Gasteiger partial charge on any atom is -0.388 e. The molecule has 0 spiro atoms. The number of nitrogens with zero attached hydrogens (tertiary/aromatic N) is 4. The van der Waals surface area contributed by atoms with Crippen molar-refractivity contribution in [3.63, 3.8) is 0 Å². The number of fused-ring (bicyclic) bond motifs is 4. The first-order valence-electron chi connectivity index (χ1n) is 16.6. The number of aryl methyl sites for hydroxylation is 2. The van der Waals surface area contributed by atoms with Gasteiger partial charge in [0.1, 0.15) is 23.5 Å². The zero-order valence-electron chi connectivity index (χ0n) is 26.6. The molecule has 3 atom stereocenters. The number of nitriles is 1. The second kappa shape index (κ2) is 11.8. The molecule has 9 rings (SSSR count). The first-order valence-corrected chi connectivity index (χ1v) is 17.4. The third-order valence-corrected chi connectivity index (χ3v) is 11.5. The van der Waals surface area contributed by atoms with E-state index in [2.05, 4.69) is 25.8 Å². The second-order valence-corrected chi connectivity index (χ2v) is 14.2. The molecule has 250 valence electrons. The zero-order valence-corrected chi connectivity index (χ0v) is 27.4. The molecule has 3 N–H and O–H groups in total. The summed E-state index contributed by atoms with van der Waals surface area (Å²) in [5, 5.41) is 24.0. The fourth-order valence-corrected chi connectivity index (χ4v) is 9.23. The van der Waals surface area contributed by atoms with Crippen molar-refractivity contribution >= 4 is 38.7 Å². The van der Waals surface area contributed by atoms with Gasteiger partial charge in [0.05, 0.1) is 33.8 Å². The molecular formula is C37H29F2N7O3S. The molecule has 1 amide bonds. The summed E-state index contributed by atoms with van der Waals surface area (Å²) in [4.78, 5) is 34.0. The summed E-state index contributed by atoms with van der Waals surface area (Å²) < 4.78 is 34.8. The van der Waals surface area contributed by atoms with Gasteiger partial charge in [0.25, 0.3) is 5.91 Å². The predicted octanol–water partition coefficient (Wildman–Crippen LogP) is 6.21. The second-order valence-electron chi connectivity index (χ2n) is 13.1. The van der Waals surface area contributed by atoms with Gasteiger partial charge in [0.2, 0.25) is 5.89 Å². The van der Waals surface area contributed by atoms with Gasteiger partial charge in [-0.1, -0.05) is 12.1 Å². The van der Waals surface area contributed by atoms with Gasteiger partial charge in [-0.25, -0.2) is 23.7 Å². The molecule has 10 nitrogen and oxygen atoms in total. The SMILES string of the molecule is N#Cc1cc2c(cc1F)[C@H](Nc1nccc3cc(C4C5=C(NC(CCc6ccc(F)cc6)=C4c4n[nH]c(=O)o4)[C@@H]4CCCN4C5=O)sc13)CC2. The number of hydrogen-bond acceptors (Lipinski definition) is 9. The standard InChI is InChI=1S/C37H29F2N7O3S/c38-22-7-3-18(4-8-22)5-9-26-29(35-44-45-37(48)49-35)30(31-32(42-26)27-2-1-13-46(27)36(31)47)28-15-20-11-12-41-34(33(20)50-28)43-25-10-6-19-14-21(17-40)24(39)16-23(19)25/h3-4,7-8,11-12,14-16,25,27,30,42H,1-2,5-6,9-10,13H2,(H,41,43)(H,45,48)/t25-,27+,30?/m1/s1. The number of thiophene rings is 1. The molecule has 0 saturated carbocycles. The van der Waals surface area contributed by atoms with Gasteiger partial charge >= 0.3 is 5.76 Å². The van der Waals surface area contributed by atoms with Crippen molar-refractivity contribution in [2.75, 3.05) is 11.9 Å². The van der Waals surface area contributed by atoms with Crippen LogP contribution in [-0.4, -0.2) is 38.6 Å². The lowest BCUT2D eigenvalue weighted by Gasteiger charge is -2.29. The molecular weight excluding hydrogens is 661 g/mol. The maximum atomic E-state index is 14.7. The lowest BCUT2D eigenvalue weighted by atomic mass is 9.82. The van der Waals surface area contributed by atoms with Crippen molar-refractivity contribution in [2.45, 2.75) is 56.5 Å². The van der Waals surface area contributed by atoms with E-state index in [1.54, 1.807) is 24.4 Å². The summed E-state index contributed by atoms with van der Waals surface area (Å²) in [6, 6.07) is 15.1. The highest BCUT2D eigenvalue weighted by molar-refractivity contribution is 7.19. The number of H-pyrrole nitrogens is 1. The van der Waals surface area contributed by atoms with Gasteiger partial charge in [-0.05, 0) is 97.0 Å². The molecule has 1 aliphatic carbocycles. The van der Waals surface area contributed by atoms with Crippen molar-refractivity contribution in [1.82, 2.24) is 25.4 Å². The van der Waals surface area contributed by atoms with E-state index >= 15 is 0 Å². The number of benzene rings is 2. The lowest BCUT2D eigenvalue weighted by Crippen LogP contribution is -2.32. The van der Waals surface area contributed by atoms with Crippen LogP contribution in [0.25, 0.3) is 15.7 Å². The van der Waals surface area contributed by atoms with E-state index in [4.69, 9.17) is 4.42 Å². The minimum atomic E-state index is -0.704. The molecule has 0 bridgehead atoms. The van der Waals surface area contributed by atoms with Gasteiger partial charge < -0.3 is 20.0 Å². The Morgan fingerprint density at radius 1 is 1.08 bits per heavy atom. The Morgan fingerprint density at radius 3 is 2.74 bits per heavy atom. The van der Waals surface area contributed by atoms with E-state index in [0.717, 1.165) is 62.3 Å². The van der Waals surface area contributed by atoms with Gasteiger partial charge in [0.15, 0.2) is 0 Å². The van der Waals surface area contributed by atoms with E-state index in [0.29, 0.717) is 42.8 Å². The van der Waals surface area contributed by atoms with Crippen molar-refractivity contribution in [2.24, 2.45) is 0 Å². The Hall–Kier alpha value is -5.61. The summed E-state index contributed by atoms with van der Waals surface area (Å²) in [6.07, 6.45) is 5.97. The lowest BCUT2D eigenvalue weighted by molar-refractivity contribution is -0.126. The molecule has 50 heavy (non-hydrogen) atoms. The Kier molecular flexibility index (Phi) is 7.17. The molecule has 1 saturated heterocycles. The van der Waals surface area contributed by atoms with Crippen molar-refractivity contribution in [3.8, 4) is 6.07 Å². The van der Waals surface area contributed by atoms with Crippen LogP contribution in [0.2, 0.25) is 0 Å². The average molecular weight is 690 g/mol. The highest BCUT2D eigenvalue weighted by atomic mass is 32.1. The van der Waals surface area contributed by atoms with Crippen LogP contribution in [0.1, 0.15) is 70.7 Å². The fraction of sp³-hybridized carbons (Fsp3) is 0.270. The summed E-state index contributed by atoms with van der Waals surface area (Å²) in [5.41, 5.74) is 5.59. The molecule has 2 aromatic carbocycles. The van der Waals surface area contributed by atoms with E-state index in [1.807, 2.05) is 23.1 Å². The number of aromatic amines is 1. The van der Waals surface area contributed by atoms with E-state index in [-0.39, 0.29) is 35.3 Å². The number of anilines is 1. The number of dihydropyridines is 1. The Balaban J connectivity index is 1.16. The van der Waals surface area contributed by atoms with Crippen LogP contribution in [0.3, 0.4) is 0 Å². The van der Waals surface area contributed by atoms with E-state index in [1.165, 1.54) is 29.5 Å². The topological polar surface area (TPSA) is 140 Å². The van der Waals surface area contributed by atoms with Crippen molar-refractivity contribution in [3.05, 3.63) is 127 Å². The van der Waals surface area contributed by atoms with Crippen molar-refractivity contribution < 1.29 is 18.0 Å².